The third-order valence-electron chi connectivity index (χ3n) is 3.71. The Morgan fingerprint density at radius 1 is 1.33 bits per heavy atom. The molecule has 24 heavy (non-hydrogen) atoms. The summed E-state index contributed by atoms with van der Waals surface area (Å²) < 4.78 is 7.49. The van der Waals surface area contributed by atoms with E-state index in [0.717, 1.165) is 22.8 Å². The number of Topliss-reactive ketones (excluding diaryl/α,β-unsaturated/α-hetero) is 1. The van der Waals surface area contributed by atoms with Crippen molar-refractivity contribution >= 4 is 23.4 Å². The van der Waals surface area contributed by atoms with Crippen LogP contribution < -0.4 is 4.74 Å². The van der Waals surface area contributed by atoms with Crippen molar-refractivity contribution in [3.8, 4) is 10.9 Å². The second-order valence-electron chi connectivity index (χ2n) is 5.34. The number of hydrogen-bond donors (Lipinski definition) is 0. The molecule has 0 amide bonds. The van der Waals surface area contributed by atoms with Crippen LogP contribution in [0.25, 0.3) is 5.13 Å². The van der Waals surface area contributed by atoms with Crippen molar-refractivity contribution in [2.75, 3.05) is 6.61 Å². The van der Waals surface area contributed by atoms with Gasteiger partial charge in [-0.05, 0) is 32.0 Å². The molecule has 0 aliphatic carbocycles. The largest absolute Gasteiger partial charge is 0.485 e. The summed E-state index contributed by atoms with van der Waals surface area (Å²) >= 11 is 1.52. The number of benzene rings is 1. The van der Waals surface area contributed by atoms with Gasteiger partial charge in [0.2, 0.25) is 5.78 Å². The summed E-state index contributed by atoms with van der Waals surface area (Å²) in [7, 11) is 0. The number of carbonyl (C=O) groups is 2. The molecule has 0 atom stereocenters. The van der Waals surface area contributed by atoms with E-state index >= 15 is 0 Å². The molecule has 5 nitrogen and oxygen atoms in total. The van der Waals surface area contributed by atoms with Gasteiger partial charge in [0.25, 0.3) is 0 Å². The lowest BCUT2D eigenvalue weighted by atomic mass is 10.1. The van der Waals surface area contributed by atoms with Gasteiger partial charge in [-0.3, -0.25) is 14.2 Å². The highest BCUT2D eigenvalue weighted by molar-refractivity contribution is 7.12. The molecular formula is C18H16N2O3S. The van der Waals surface area contributed by atoms with Crippen LogP contribution in [0.1, 0.15) is 32.1 Å². The second kappa shape index (κ2) is 6.80. The molecule has 0 bridgehead atoms. The predicted molar refractivity (Wildman–Crippen MR) is 92.6 cm³/mol. The van der Waals surface area contributed by atoms with Crippen molar-refractivity contribution in [2.45, 2.75) is 13.8 Å². The minimum atomic E-state index is -0.109. The average Bonchev–Trinajstić information content (AvgIpc) is 3.20. The van der Waals surface area contributed by atoms with Gasteiger partial charge >= 0.3 is 0 Å². The van der Waals surface area contributed by atoms with Crippen molar-refractivity contribution in [3.63, 3.8) is 0 Å². The van der Waals surface area contributed by atoms with E-state index < -0.39 is 0 Å². The maximum absolute atomic E-state index is 12.5. The van der Waals surface area contributed by atoms with Gasteiger partial charge in [-0.15, -0.1) is 11.3 Å². The molecular weight excluding hydrogens is 324 g/mol. The average molecular weight is 340 g/mol. The molecule has 3 rings (SSSR count). The zero-order valence-electron chi connectivity index (χ0n) is 13.4. The fourth-order valence-electron chi connectivity index (χ4n) is 2.57. The Labute approximate surface area is 143 Å². The van der Waals surface area contributed by atoms with Gasteiger partial charge < -0.3 is 4.74 Å². The number of aryl methyl sites for hydroxylation is 1. The summed E-state index contributed by atoms with van der Waals surface area (Å²) in [6.07, 6.45) is 2.49. The third kappa shape index (κ3) is 3.14. The summed E-state index contributed by atoms with van der Waals surface area (Å²) in [6.45, 7) is 3.76. The highest BCUT2D eigenvalue weighted by Gasteiger charge is 2.18. The van der Waals surface area contributed by atoms with Crippen LogP contribution in [0.2, 0.25) is 0 Å². The molecule has 2 heterocycles. The summed E-state index contributed by atoms with van der Waals surface area (Å²) in [5, 5.41) is 2.74. The van der Waals surface area contributed by atoms with Gasteiger partial charge in [0.05, 0.1) is 0 Å². The molecule has 0 unspecified atom stereocenters. The van der Waals surface area contributed by atoms with Gasteiger partial charge in [0.1, 0.15) is 12.0 Å². The van der Waals surface area contributed by atoms with E-state index in [1.807, 2.05) is 29.9 Å². The molecule has 2 aromatic heterocycles. The van der Waals surface area contributed by atoms with Crippen LogP contribution in [0, 0.1) is 13.8 Å². The lowest BCUT2D eigenvalue weighted by molar-refractivity contribution is 0.0921. The molecule has 0 saturated carbocycles. The lowest BCUT2D eigenvalue weighted by Crippen LogP contribution is -2.12. The Kier molecular flexibility index (Phi) is 4.57. The summed E-state index contributed by atoms with van der Waals surface area (Å²) in [6, 6.07) is 8.59. The van der Waals surface area contributed by atoms with Crippen LogP contribution >= 0.6 is 11.3 Å². The molecule has 0 radical (unpaired) electrons. The number of ketones is 1. The van der Waals surface area contributed by atoms with E-state index in [-0.39, 0.29) is 12.4 Å². The van der Waals surface area contributed by atoms with Crippen LogP contribution in [0.4, 0.5) is 0 Å². The number of thiazole rings is 1. The van der Waals surface area contributed by atoms with Gasteiger partial charge in [0.15, 0.2) is 11.7 Å². The number of carbonyl (C=O) groups excluding carboxylic acids is 2. The van der Waals surface area contributed by atoms with E-state index in [2.05, 4.69) is 4.98 Å². The maximum Gasteiger partial charge on any atom is 0.202 e. The smallest absolute Gasteiger partial charge is 0.202 e. The molecule has 122 valence electrons. The summed E-state index contributed by atoms with van der Waals surface area (Å²) in [4.78, 5) is 27.6. The van der Waals surface area contributed by atoms with Gasteiger partial charge in [-0.25, -0.2) is 4.98 Å². The second-order valence-corrected chi connectivity index (χ2v) is 6.21. The molecule has 0 aliphatic heterocycles. The Hall–Kier alpha value is -2.73. The standard InChI is InChI=1S/C18H16N2O3S/c1-12-8-16(13(2)20(12)18-19-6-7-24-18)17(22)11-23-15-5-3-4-14(9-15)10-21/h3-10H,11H2,1-2H3. The molecule has 0 saturated heterocycles. The lowest BCUT2D eigenvalue weighted by Gasteiger charge is -2.07. The van der Waals surface area contributed by atoms with E-state index in [1.54, 1.807) is 30.5 Å². The van der Waals surface area contributed by atoms with Crippen molar-refractivity contribution in [3.05, 3.63) is 64.4 Å². The molecule has 0 fully saturated rings. The van der Waals surface area contributed by atoms with E-state index in [4.69, 9.17) is 4.74 Å². The van der Waals surface area contributed by atoms with E-state index in [1.165, 1.54) is 11.3 Å². The minimum absolute atomic E-state index is 0.0789. The van der Waals surface area contributed by atoms with E-state index in [0.29, 0.717) is 16.9 Å². The molecule has 0 aliphatic rings. The van der Waals surface area contributed by atoms with Crippen LogP contribution in [-0.2, 0) is 0 Å². The van der Waals surface area contributed by atoms with Gasteiger partial charge in [-0.2, -0.15) is 0 Å². The summed E-state index contributed by atoms with van der Waals surface area (Å²) in [5.41, 5.74) is 2.93. The van der Waals surface area contributed by atoms with Crippen molar-refractivity contribution in [1.29, 1.82) is 0 Å². The van der Waals surface area contributed by atoms with Crippen LogP contribution in [-0.4, -0.2) is 28.2 Å². The summed E-state index contributed by atoms with van der Waals surface area (Å²) in [5.74, 6) is 0.393. The molecule has 3 aromatic rings. The molecule has 0 spiro atoms. The third-order valence-corrected chi connectivity index (χ3v) is 4.46. The van der Waals surface area contributed by atoms with Crippen molar-refractivity contribution in [1.82, 2.24) is 9.55 Å². The highest BCUT2D eigenvalue weighted by atomic mass is 32.1. The van der Waals surface area contributed by atoms with E-state index in [9.17, 15) is 9.59 Å². The first kappa shape index (κ1) is 16.1. The van der Waals surface area contributed by atoms with Crippen LogP contribution in [0.15, 0.2) is 41.9 Å². The number of nitrogens with zero attached hydrogens (tertiary/aromatic N) is 2. The monoisotopic (exact) mass is 340 g/mol. The molecule has 0 N–H and O–H groups in total. The highest BCUT2D eigenvalue weighted by Crippen LogP contribution is 2.23. The first-order valence-electron chi connectivity index (χ1n) is 7.40. The first-order chi connectivity index (χ1) is 11.6. The van der Waals surface area contributed by atoms with Crippen LogP contribution in [0.5, 0.6) is 5.75 Å². The number of rotatable bonds is 6. The molecule has 1 aromatic carbocycles. The topological polar surface area (TPSA) is 61.2 Å². The SMILES string of the molecule is Cc1cc(C(=O)COc2cccc(C=O)c2)c(C)n1-c1nccs1. The normalized spacial score (nSPS) is 10.6. The number of aldehydes is 1. The Morgan fingerprint density at radius 3 is 2.88 bits per heavy atom. The number of hydrogen-bond acceptors (Lipinski definition) is 5. The number of ether oxygens (including phenoxy) is 1. The van der Waals surface area contributed by atoms with Gasteiger partial charge in [0, 0.05) is 34.1 Å². The Morgan fingerprint density at radius 2 is 2.17 bits per heavy atom. The Bertz CT molecular complexity index is 882. The quantitative estimate of drug-likeness (QED) is 0.508. The van der Waals surface area contributed by atoms with Crippen molar-refractivity contribution < 1.29 is 14.3 Å². The molecule has 6 heteroatoms. The zero-order chi connectivity index (χ0) is 17.1. The zero-order valence-corrected chi connectivity index (χ0v) is 14.2. The van der Waals surface area contributed by atoms with Crippen molar-refractivity contribution in [2.24, 2.45) is 0 Å². The fourth-order valence-corrected chi connectivity index (χ4v) is 3.32. The Balaban J connectivity index is 1.78. The fraction of sp³-hybridized carbons (Fsp3) is 0.167. The maximum atomic E-state index is 12.5. The first-order valence-corrected chi connectivity index (χ1v) is 8.28. The predicted octanol–water partition coefficient (Wildman–Crippen LogP) is 3.62. The van der Waals surface area contributed by atoms with Crippen LogP contribution in [0.3, 0.4) is 0 Å². The minimum Gasteiger partial charge on any atom is -0.485 e. The van der Waals surface area contributed by atoms with Gasteiger partial charge in [-0.1, -0.05) is 12.1 Å². The number of aromatic nitrogens is 2.